The van der Waals surface area contributed by atoms with E-state index in [2.05, 4.69) is 19.9 Å². The fourth-order valence-electron chi connectivity index (χ4n) is 8.33. The van der Waals surface area contributed by atoms with Gasteiger partial charge in [0, 0.05) is 12.3 Å². The van der Waals surface area contributed by atoms with Crippen LogP contribution < -0.4 is 4.74 Å². The van der Waals surface area contributed by atoms with Crippen molar-refractivity contribution in [2.45, 2.75) is 78.7 Å². The second kappa shape index (κ2) is 8.08. The lowest BCUT2D eigenvalue weighted by Crippen LogP contribution is -2.57. The van der Waals surface area contributed by atoms with Gasteiger partial charge in [-0.15, -0.1) is 0 Å². The molecule has 7 unspecified atom stereocenters. The number of hydrogen-bond donors (Lipinski definition) is 1. The van der Waals surface area contributed by atoms with Crippen molar-refractivity contribution in [3.05, 3.63) is 41.0 Å². The predicted octanol–water partition coefficient (Wildman–Crippen LogP) is 5.37. The quantitative estimate of drug-likeness (QED) is 0.670. The van der Waals surface area contributed by atoms with Gasteiger partial charge < -0.3 is 9.84 Å². The summed E-state index contributed by atoms with van der Waals surface area (Å²) < 4.78 is 6.00. The zero-order valence-electron chi connectivity index (χ0n) is 20.5. The number of aryl methyl sites for hydroxylation is 2. The summed E-state index contributed by atoms with van der Waals surface area (Å²) in [6, 6.07) is 6.09. The highest BCUT2D eigenvalue weighted by atomic mass is 16.5. The molecular weight excluding hydrogens is 412 g/mol. The molecule has 0 aliphatic heterocycles. The minimum absolute atomic E-state index is 0.0547. The maximum atomic E-state index is 13.4. The molecule has 4 nitrogen and oxygen atoms in total. The maximum Gasteiger partial charge on any atom is 0.173 e. The van der Waals surface area contributed by atoms with Gasteiger partial charge in [0.25, 0.3) is 0 Å². The molecular formula is C29H38O4. The topological polar surface area (TPSA) is 63.6 Å². The summed E-state index contributed by atoms with van der Waals surface area (Å²) in [7, 11) is 0. The first kappa shape index (κ1) is 22.8. The number of allylic oxidation sites excluding steroid dienone is 1. The van der Waals surface area contributed by atoms with Crippen LogP contribution in [0.2, 0.25) is 0 Å². The third-order valence-electron chi connectivity index (χ3n) is 10.00. The molecule has 0 saturated heterocycles. The lowest BCUT2D eigenvalue weighted by molar-refractivity contribution is -0.146. The van der Waals surface area contributed by atoms with E-state index >= 15 is 0 Å². The fraction of sp³-hybridized carbons (Fsp3) is 0.655. The van der Waals surface area contributed by atoms with Gasteiger partial charge in [-0.25, -0.2) is 0 Å². The monoisotopic (exact) mass is 450 g/mol. The third-order valence-corrected chi connectivity index (χ3v) is 10.00. The number of ketones is 2. The van der Waals surface area contributed by atoms with Crippen molar-refractivity contribution in [2.75, 3.05) is 6.61 Å². The van der Waals surface area contributed by atoms with E-state index in [4.69, 9.17) is 4.74 Å². The Bertz CT molecular complexity index is 1010. The Labute approximate surface area is 197 Å². The maximum absolute atomic E-state index is 13.4. The van der Waals surface area contributed by atoms with Crippen molar-refractivity contribution in [1.82, 2.24) is 0 Å². The molecule has 7 atom stereocenters. The number of rotatable bonds is 4. The van der Waals surface area contributed by atoms with E-state index in [0.717, 1.165) is 49.0 Å². The molecule has 0 radical (unpaired) electrons. The summed E-state index contributed by atoms with van der Waals surface area (Å²) in [5.74, 6) is 2.23. The summed E-state index contributed by atoms with van der Waals surface area (Å²) in [6.07, 6.45) is 7.50. The minimum Gasteiger partial charge on any atom is -0.486 e. The third kappa shape index (κ3) is 3.60. The molecule has 4 aliphatic rings. The molecule has 1 N–H and O–H groups in total. The smallest absolute Gasteiger partial charge is 0.173 e. The molecule has 0 amide bonds. The number of aliphatic hydroxyl groups is 1. The van der Waals surface area contributed by atoms with Crippen molar-refractivity contribution in [3.8, 4) is 5.75 Å². The van der Waals surface area contributed by atoms with Gasteiger partial charge in [0.1, 0.15) is 12.4 Å². The number of carbonyl (C=O) groups excluding carboxylic acids is 2. The van der Waals surface area contributed by atoms with Gasteiger partial charge >= 0.3 is 0 Å². The van der Waals surface area contributed by atoms with E-state index in [1.165, 1.54) is 5.57 Å². The standard InChI is InChI=1S/C29H38O4/c1-17-5-6-18(2)26(13-17)33-16-25(32)23-10-9-22-21-8-7-19-14-20(30)11-12-28(19,3)27(21)24(31)15-29(22,23)4/h5-6,13-14,21-24,27,31H,7-12,15-16H2,1-4H3. The second-order valence-corrected chi connectivity index (χ2v) is 11.8. The minimum atomic E-state index is -0.425. The zero-order valence-corrected chi connectivity index (χ0v) is 20.5. The van der Waals surface area contributed by atoms with E-state index in [-0.39, 0.29) is 40.8 Å². The molecule has 0 bridgehead atoms. The number of ether oxygens (including phenoxy) is 1. The van der Waals surface area contributed by atoms with E-state index in [9.17, 15) is 14.7 Å². The summed E-state index contributed by atoms with van der Waals surface area (Å²) in [5, 5.41) is 11.5. The summed E-state index contributed by atoms with van der Waals surface area (Å²) in [6.45, 7) is 8.68. The van der Waals surface area contributed by atoms with Gasteiger partial charge in [0.2, 0.25) is 0 Å². The van der Waals surface area contributed by atoms with Gasteiger partial charge in [-0.05, 0) is 104 Å². The number of aliphatic hydroxyl groups excluding tert-OH is 1. The predicted molar refractivity (Wildman–Crippen MR) is 128 cm³/mol. The Morgan fingerprint density at radius 1 is 1.15 bits per heavy atom. The SMILES string of the molecule is Cc1ccc(C)c(OCC(=O)C2CCC3C4CCC5=CC(=O)CCC5(C)C4C(O)CC23C)c1. The summed E-state index contributed by atoms with van der Waals surface area (Å²) >= 11 is 0. The number of Topliss-reactive ketones (excluding diaryl/α,β-unsaturated/α-hetero) is 1. The number of benzene rings is 1. The van der Waals surface area contributed by atoms with Crippen molar-refractivity contribution >= 4 is 11.6 Å². The average Bonchev–Trinajstić information content (AvgIpc) is 3.11. The van der Waals surface area contributed by atoms with Gasteiger partial charge in [0.15, 0.2) is 11.6 Å². The van der Waals surface area contributed by atoms with Crippen LogP contribution in [0.1, 0.15) is 69.9 Å². The molecule has 0 aromatic heterocycles. The summed E-state index contributed by atoms with van der Waals surface area (Å²) in [5.41, 5.74) is 3.18. The van der Waals surface area contributed by atoms with Gasteiger partial charge in [-0.1, -0.05) is 31.6 Å². The van der Waals surface area contributed by atoms with Gasteiger partial charge in [-0.2, -0.15) is 0 Å². The molecule has 1 aromatic rings. The van der Waals surface area contributed by atoms with E-state index in [1.807, 2.05) is 32.1 Å². The Morgan fingerprint density at radius 2 is 1.94 bits per heavy atom. The van der Waals surface area contributed by atoms with Crippen LogP contribution in [-0.2, 0) is 9.59 Å². The normalized spacial score (nSPS) is 39.8. The second-order valence-electron chi connectivity index (χ2n) is 11.8. The lowest BCUT2D eigenvalue weighted by atomic mass is 9.46. The average molecular weight is 451 g/mol. The molecule has 4 aliphatic carbocycles. The van der Waals surface area contributed by atoms with E-state index < -0.39 is 6.10 Å². The van der Waals surface area contributed by atoms with E-state index in [1.54, 1.807) is 0 Å². The molecule has 0 heterocycles. The highest BCUT2D eigenvalue weighted by Crippen LogP contribution is 2.66. The zero-order chi connectivity index (χ0) is 23.5. The molecule has 1 aromatic carbocycles. The Morgan fingerprint density at radius 3 is 2.73 bits per heavy atom. The van der Waals surface area contributed by atoms with Gasteiger partial charge in [-0.3, -0.25) is 9.59 Å². The number of hydrogen-bond acceptors (Lipinski definition) is 4. The largest absolute Gasteiger partial charge is 0.486 e. The van der Waals surface area contributed by atoms with Crippen LogP contribution in [0.3, 0.4) is 0 Å². The summed E-state index contributed by atoms with van der Waals surface area (Å²) in [4.78, 5) is 25.5. The Balaban J connectivity index is 1.35. The molecule has 33 heavy (non-hydrogen) atoms. The first-order valence-electron chi connectivity index (χ1n) is 12.8. The Kier molecular flexibility index (Phi) is 5.59. The van der Waals surface area contributed by atoms with Crippen molar-refractivity contribution in [2.24, 2.45) is 34.5 Å². The van der Waals surface area contributed by atoms with Crippen LogP contribution >= 0.6 is 0 Å². The lowest BCUT2D eigenvalue weighted by Gasteiger charge is -2.59. The van der Waals surface area contributed by atoms with Crippen LogP contribution in [0.4, 0.5) is 0 Å². The molecule has 0 spiro atoms. The highest BCUT2D eigenvalue weighted by molar-refractivity contribution is 5.91. The van der Waals surface area contributed by atoms with Crippen molar-refractivity contribution in [3.63, 3.8) is 0 Å². The van der Waals surface area contributed by atoms with Gasteiger partial charge in [0.05, 0.1) is 6.10 Å². The van der Waals surface area contributed by atoms with Crippen LogP contribution in [0.15, 0.2) is 29.8 Å². The molecule has 178 valence electrons. The molecule has 5 rings (SSSR count). The highest BCUT2D eigenvalue weighted by Gasteiger charge is 2.62. The first-order chi connectivity index (χ1) is 15.6. The molecule has 3 saturated carbocycles. The Hall–Kier alpha value is -1.94. The first-order valence-corrected chi connectivity index (χ1v) is 12.8. The van der Waals surface area contributed by atoms with Crippen molar-refractivity contribution < 1.29 is 19.4 Å². The molecule has 4 heteroatoms. The van der Waals surface area contributed by atoms with E-state index in [0.29, 0.717) is 24.7 Å². The van der Waals surface area contributed by atoms with Crippen LogP contribution in [-0.4, -0.2) is 29.4 Å². The number of fused-ring (bicyclic) bond motifs is 5. The van der Waals surface area contributed by atoms with Crippen molar-refractivity contribution in [1.29, 1.82) is 0 Å². The van der Waals surface area contributed by atoms with Crippen LogP contribution in [0.5, 0.6) is 5.75 Å². The van der Waals surface area contributed by atoms with Crippen LogP contribution in [0, 0.1) is 48.3 Å². The number of carbonyl (C=O) groups is 2. The fourth-order valence-corrected chi connectivity index (χ4v) is 8.33. The molecule has 3 fully saturated rings. The van der Waals surface area contributed by atoms with Crippen LogP contribution in [0.25, 0.3) is 0 Å².